The van der Waals surface area contributed by atoms with Crippen LogP contribution < -0.4 is 5.32 Å². The predicted octanol–water partition coefficient (Wildman–Crippen LogP) is 5.35. The maximum atomic E-state index is 13.3. The fourth-order valence-corrected chi connectivity index (χ4v) is 6.69. The van der Waals surface area contributed by atoms with Gasteiger partial charge in [0.25, 0.3) is 5.91 Å². The molecule has 2 saturated heterocycles. The zero-order valence-corrected chi connectivity index (χ0v) is 27.9. The molecule has 9 nitrogen and oxygen atoms in total. The molecule has 0 spiro atoms. The lowest BCUT2D eigenvalue weighted by atomic mass is 9.91. The number of Topliss-reactive ketones (excluding diaryl/α,β-unsaturated/α-hetero) is 1. The van der Waals surface area contributed by atoms with Crippen molar-refractivity contribution in [1.82, 2.24) is 19.8 Å². The number of amides is 1. The molecule has 0 atom stereocenters. The van der Waals surface area contributed by atoms with Crippen molar-refractivity contribution in [2.45, 2.75) is 71.2 Å². The summed E-state index contributed by atoms with van der Waals surface area (Å²) in [7, 11) is 0. The van der Waals surface area contributed by atoms with Gasteiger partial charge in [-0.05, 0) is 96.7 Å². The summed E-state index contributed by atoms with van der Waals surface area (Å²) in [5.41, 5.74) is 8.50. The lowest BCUT2D eigenvalue weighted by Gasteiger charge is -2.29. The zero-order valence-electron chi connectivity index (χ0n) is 27.9. The summed E-state index contributed by atoms with van der Waals surface area (Å²) in [4.78, 5) is 40.0. The van der Waals surface area contributed by atoms with Crippen LogP contribution in [0.5, 0.6) is 0 Å². The molecule has 2 aliphatic heterocycles. The second-order valence-corrected chi connectivity index (χ2v) is 13.2. The first kappa shape index (κ1) is 33.6. The van der Waals surface area contributed by atoms with Crippen molar-refractivity contribution in [2.24, 2.45) is 0 Å². The van der Waals surface area contributed by atoms with Crippen molar-refractivity contribution in [3.05, 3.63) is 112 Å². The molecule has 0 aliphatic carbocycles. The molecule has 0 saturated carbocycles. The maximum absolute atomic E-state index is 13.3. The predicted molar refractivity (Wildman–Crippen MR) is 187 cm³/mol. The zero-order chi connectivity index (χ0) is 33.6. The number of carbonyl (C=O) groups excluding carboxylic acids is 2. The number of nitrogens with zero attached hydrogens (tertiary/aromatic N) is 4. The van der Waals surface area contributed by atoms with E-state index >= 15 is 0 Å². The Morgan fingerprint density at radius 2 is 1.23 bits per heavy atom. The highest BCUT2D eigenvalue weighted by Crippen LogP contribution is 2.33. The van der Waals surface area contributed by atoms with E-state index in [9.17, 15) is 19.8 Å². The molecule has 0 bridgehead atoms. The van der Waals surface area contributed by atoms with E-state index in [2.05, 4.69) is 25.1 Å². The molecule has 2 aromatic carbocycles. The van der Waals surface area contributed by atoms with Gasteiger partial charge in [0.2, 0.25) is 0 Å². The Bertz CT molecular complexity index is 1600. The van der Waals surface area contributed by atoms with Gasteiger partial charge in [-0.3, -0.25) is 29.4 Å². The van der Waals surface area contributed by atoms with Gasteiger partial charge in [0.1, 0.15) is 11.4 Å². The van der Waals surface area contributed by atoms with Gasteiger partial charge in [-0.25, -0.2) is 0 Å². The van der Waals surface area contributed by atoms with E-state index in [0.29, 0.717) is 17.1 Å². The Kier molecular flexibility index (Phi) is 10.7. The second kappa shape index (κ2) is 15.3. The number of benzene rings is 2. The molecule has 9 heteroatoms. The van der Waals surface area contributed by atoms with Crippen molar-refractivity contribution >= 4 is 17.4 Å². The number of hydrogen-bond acceptors (Lipinski definition) is 8. The molecule has 3 N–H and O–H groups in total. The Morgan fingerprint density at radius 1 is 0.708 bits per heavy atom. The van der Waals surface area contributed by atoms with Crippen molar-refractivity contribution in [3.8, 4) is 11.1 Å². The van der Waals surface area contributed by atoms with E-state index in [1.54, 1.807) is 18.5 Å². The number of rotatable bonds is 10. The highest BCUT2D eigenvalue weighted by molar-refractivity contribution is 6.04. The smallest absolute Gasteiger partial charge is 0.274 e. The van der Waals surface area contributed by atoms with E-state index < -0.39 is 0 Å². The van der Waals surface area contributed by atoms with E-state index in [4.69, 9.17) is 0 Å². The Labute approximate surface area is 282 Å². The molecule has 4 heterocycles. The number of anilines is 1. The Hall–Kier alpha value is -4.28. The van der Waals surface area contributed by atoms with Gasteiger partial charge in [0, 0.05) is 63.8 Å². The number of piperidine rings is 2. The van der Waals surface area contributed by atoms with Gasteiger partial charge in [0.05, 0.1) is 12.2 Å². The molecule has 4 aromatic rings. The largest absolute Gasteiger partial charge is 0.393 e. The fraction of sp³-hybridized carbons (Fsp3) is 0.385. The molecule has 2 aromatic heterocycles. The number of aliphatic hydroxyl groups excluding tert-OH is 2. The minimum absolute atomic E-state index is 0.0334. The first-order valence-electron chi connectivity index (χ1n) is 17.0. The third-order valence-corrected chi connectivity index (χ3v) is 9.76. The molecule has 6 rings (SSSR count). The number of ketones is 1. The molecule has 2 aliphatic rings. The van der Waals surface area contributed by atoms with Gasteiger partial charge in [-0.2, -0.15) is 0 Å². The minimum Gasteiger partial charge on any atom is -0.393 e. The third-order valence-electron chi connectivity index (χ3n) is 9.76. The highest BCUT2D eigenvalue weighted by atomic mass is 16.3. The van der Waals surface area contributed by atoms with Gasteiger partial charge < -0.3 is 15.5 Å². The molecular weight excluding hydrogens is 602 g/mol. The van der Waals surface area contributed by atoms with Gasteiger partial charge >= 0.3 is 0 Å². The summed E-state index contributed by atoms with van der Waals surface area (Å²) in [5.74, 6) is -0.305. The van der Waals surface area contributed by atoms with Crippen LogP contribution in [0, 0.1) is 13.8 Å². The SMILES string of the molecule is Cc1c(CC(=O)c2ccc(CN3CCC(O)CC3)cn2)cccc1-c1cccc(NC(=O)c2ccc(CN3CCC(O)CC3)cn2)c1C. The number of aromatic nitrogens is 2. The molecule has 1 amide bonds. The van der Waals surface area contributed by atoms with Crippen molar-refractivity contribution < 1.29 is 19.8 Å². The molecular formula is C39H45N5O4. The quantitative estimate of drug-likeness (QED) is 0.197. The highest BCUT2D eigenvalue weighted by Gasteiger charge is 2.20. The van der Waals surface area contributed by atoms with Crippen molar-refractivity contribution in [3.63, 3.8) is 0 Å². The van der Waals surface area contributed by atoms with Crippen LogP contribution in [0.4, 0.5) is 5.69 Å². The van der Waals surface area contributed by atoms with Gasteiger partial charge in [-0.15, -0.1) is 0 Å². The molecule has 0 unspecified atom stereocenters. The van der Waals surface area contributed by atoms with Crippen LogP contribution in [0.2, 0.25) is 0 Å². The summed E-state index contributed by atoms with van der Waals surface area (Å²) in [6.07, 6.45) is 6.54. The number of aliphatic hydroxyl groups is 2. The summed E-state index contributed by atoms with van der Waals surface area (Å²) >= 11 is 0. The van der Waals surface area contributed by atoms with Crippen LogP contribution in [-0.4, -0.2) is 80.1 Å². The maximum Gasteiger partial charge on any atom is 0.274 e. The minimum atomic E-state index is -0.271. The fourth-order valence-electron chi connectivity index (χ4n) is 6.69. The summed E-state index contributed by atoms with van der Waals surface area (Å²) in [6.45, 7) is 8.99. The van der Waals surface area contributed by atoms with E-state index in [0.717, 1.165) is 104 Å². The van der Waals surface area contributed by atoms with Crippen LogP contribution in [-0.2, 0) is 19.5 Å². The first-order chi connectivity index (χ1) is 23.2. The van der Waals surface area contributed by atoms with Crippen LogP contribution in [0.1, 0.15) is 74.5 Å². The second-order valence-electron chi connectivity index (χ2n) is 13.2. The van der Waals surface area contributed by atoms with Crippen molar-refractivity contribution in [2.75, 3.05) is 31.5 Å². The van der Waals surface area contributed by atoms with Crippen molar-refractivity contribution in [1.29, 1.82) is 0 Å². The Morgan fingerprint density at radius 3 is 1.77 bits per heavy atom. The molecule has 48 heavy (non-hydrogen) atoms. The lowest BCUT2D eigenvalue weighted by molar-refractivity contribution is 0.0790. The number of pyridine rings is 2. The van der Waals surface area contributed by atoms with E-state index in [-0.39, 0.29) is 30.3 Å². The standard InChI is InChI=1S/C39H45N5O4/c1-26-30(21-38(47)36-11-9-28(22-40-36)24-43-17-13-31(45)14-18-43)5-3-6-33(26)34-7-4-8-35(27(34)2)42-39(48)37-12-10-29(23-41-37)25-44-19-15-32(46)16-20-44/h3-12,22-23,31-32,45-46H,13-21,24-25H2,1-2H3,(H,42,48). The molecule has 0 radical (unpaired) electrons. The topological polar surface area (TPSA) is 119 Å². The molecule has 2 fully saturated rings. The number of nitrogens with one attached hydrogen (secondary N) is 1. The normalized spacial score (nSPS) is 16.6. The summed E-state index contributed by atoms with van der Waals surface area (Å²) in [6, 6.07) is 19.4. The average Bonchev–Trinajstić information content (AvgIpc) is 3.09. The van der Waals surface area contributed by atoms with Crippen LogP contribution >= 0.6 is 0 Å². The van der Waals surface area contributed by atoms with E-state index in [1.165, 1.54) is 0 Å². The van der Waals surface area contributed by atoms with Crippen LogP contribution in [0.15, 0.2) is 73.1 Å². The average molecular weight is 648 g/mol. The Balaban J connectivity index is 1.10. The third kappa shape index (κ3) is 8.22. The monoisotopic (exact) mass is 647 g/mol. The first-order valence-corrected chi connectivity index (χ1v) is 17.0. The molecule has 250 valence electrons. The number of hydrogen-bond donors (Lipinski definition) is 3. The lowest BCUT2D eigenvalue weighted by Crippen LogP contribution is -2.35. The summed E-state index contributed by atoms with van der Waals surface area (Å²) in [5, 5.41) is 22.6. The number of carbonyl (C=O) groups is 2. The van der Waals surface area contributed by atoms with Gasteiger partial charge in [0.15, 0.2) is 5.78 Å². The summed E-state index contributed by atoms with van der Waals surface area (Å²) < 4.78 is 0. The van der Waals surface area contributed by atoms with Crippen LogP contribution in [0.3, 0.4) is 0 Å². The van der Waals surface area contributed by atoms with E-state index in [1.807, 2.05) is 68.4 Å². The number of likely N-dealkylation sites (tertiary alicyclic amines) is 2. The van der Waals surface area contributed by atoms with Gasteiger partial charge in [-0.1, -0.05) is 42.5 Å². The van der Waals surface area contributed by atoms with Crippen LogP contribution in [0.25, 0.3) is 11.1 Å².